The van der Waals surface area contributed by atoms with Crippen LogP contribution in [0, 0.1) is 0 Å². The van der Waals surface area contributed by atoms with Gasteiger partial charge in [0.15, 0.2) is 0 Å². The Bertz CT molecular complexity index is 457. The summed E-state index contributed by atoms with van der Waals surface area (Å²) < 4.78 is 0. The van der Waals surface area contributed by atoms with E-state index >= 15 is 0 Å². The number of hydrogen-bond acceptors (Lipinski definition) is 4. The van der Waals surface area contributed by atoms with E-state index in [-0.39, 0.29) is 18.2 Å². The number of carboxylic acids is 1. The molecular weight excluding hydrogens is 222 g/mol. The lowest BCUT2D eigenvalue weighted by atomic mass is 10.2. The third kappa shape index (κ3) is 2.52. The summed E-state index contributed by atoms with van der Waals surface area (Å²) in [7, 11) is 0. The molecule has 90 valence electrons. The lowest BCUT2D eigenvalue weighted by Crippen LogP contribution is -2.34. The molecule has 1 heterocycles. The van der Waals surface area contributed by atoms with E-state index in [1.807, 2.05) is 0 Å². The molecule has 1 saturated carbocycles. The first-order valence-electron chi connectivity index (χ1n) is 5.33. The minimum Gasteiger partial charge on any atom is -0.480 e. The second kappa shape index (κ2) is 4.40. The summed E-state index contributed by atoms with van der Waals surface area (Å²) >= 11 is 0. The van der Waals surface area contributed by atoms with Crippen molar-refractivity contribution in [2.45, 2.75) is 18.9 Å². The van der Waals surface area contributed by atoms with Gasteiger partial charge in [-0.05, 0) is 25.0 Å². The average Bonchev–Trinajstić information content (AvgIpc) is 3.09. The molecule has 0 saturated heterocycles. The number of carboxylic acid groups (broad SMARTS) is 1. The Morgan fingerprint density at radius 1 is 1.53 bits per heavy atom. The Balaban J connectivity index is 2.34. The van der Waals surface area contributed by atoms with Crippen LogP contribution in [-0.4, -0.2) is 34.6 Å². The highest BCUT2D eigenvalue weighted by molar-refractivity contribution is 5.98. The molecule has 6 nitrogen and oxygen atoms in total. The maximum Gasteiger partial charge on any atom is 0.323 e. The number of pyridine rings is 1. The molecular formula is C11H13N3O3. The van der Waals surface area contributed by atoms with Gasteiger partial charge in [-0.1, -0.05) is 0 Å². The van der Waals surface area contributed by atoms with Gasteiger partial charge in [0.05, 0.1) is 5.56 Å². The summed E-state index contributed by atoms with van der Waals surface area (Å²) in [4.78, 5) is 27.8. The highest BCUT2D eigenvalue weighted by Crippen LogP contribution is 2.31. The smallest absolute Gasteiger partial charge is 0.323 e. The van der Waals surface area contributed by atoms with Crippen LogP contribution in [0.5, 0.6) is 0 Å². The number of amides is 1. The van der Waals surface area contributed by atoms with Gasteiger partial charge in [0.25, 0.3) is 5.91 Å². The number of nitrogens with zero attached hydrogens (tertiary/aromatic N) is 2. The van der Waals surface area contributed by atoms with Crippen molar-refractivity contribution >= 4 is 17.7 Å². The van der Waals surface area contributed by atoms with E-state index in [4.69, 9.17) is 10.8 Å². The molecule has 0 aromatic carbocycles. The summed E-state index contributed by atoms with van der Waals surface area (Å²) in [6.45, 7) is -0.165. The van der Waals surface area contributed by atoms with Gasteiger partial charge in [0.1, 0.15) is 12.4 Å². The fourth-order valence-electron chi connectivity index (χ4n) is 1.73. The van der Waals surface area contributed by atoms with Crippen LogP contribution in [0.1, 0.15) is 23.2 Å². The highest BCUT2D eigenvalue weighted by atomic mass is 16.4. The normalized spacial score (nSPS) is 14.4. The standard InChI is InChI=1S/C11H13N3O3/c12-10(17)8-2-1-5-13-11(8)14(6-9(15)16)7-3-4-7/h1-2,5,7H,3-4,6H2,(H2,12,17)(H,15,16). The maximum absolute atomic E-state index is 11.3. The fourth-order valence-corrected chi connectivity index (χ4v) is 1.73. The van der Waals surface area contributed by atoms with Crippen molar-refractivity contribution in [1.82, 2.24) is 4.98 Å². The highest BCUT2D eigenvalue weighted by Gasteiger charge is 2.33. The van der Waals surface area contributed by atoms with Crippen LogP contribution in [0.4, 0.5) is 5.82 Å². The molecule has 1 aliphatic rings. The van der Waals surface area contributed by atoms with Crippen LogP contribution in [0.2, 0.25) is 0 Å². The number of carbonyl (C=O) groups excluding carboxylic acids is 1. The molecule has 0 atom stereocenters. The number of rotatable bonds is 5. The fraction of sp³-hybridized carbons (Fsp3) is 0.364. The van der Waals surface area contributed by atoms with Crippen molar-refractivity contribution in [1.29, 1.82) is 0 Å². The van der Waals surface area contributed by atoms with Crippen LogP contribution >= 0.6 is 0 Å². The van der Waals surface area contributed by atoms with E-state index in [0.717, 1.165) is 12.8 Å². The molecule has 1 amide bonds. The second-order valence-electron chi connectivity index (χ2n) is 3.99. The number of nitrogens with two attached hydrogens (primary N) is 1. The first-order chi connectivity index (χ1) is 8.09. The second-order valence-corrected chi connectivity index (χ2v) is 3.99. The van der Waals surface area contributed by atoms with Crippen LogP contribution in [0.3, 0.4) is 0 Å². The van der Waals surface area contributed by atoms with E-state index in [9.17, 15) is 9.59 Å². The molecule has 1 aromatic heterocycles. The Morgan fingerprint density at radius 2 is 2.24 bits per heavy atom. The van der Waals surface area contributed by atoms with E-state index in [1.165, 1.54) is 6.20 Å². The number of aromatic nitrogens is 1. The largest absolute Gasteiger partial charge is 0.480 e. The van der Waals surface area contributed by atoms with Crippen LogP contribution in [-0.2, 0) is 4.79 Å². The predicted octanol–water partition coefficient (Wildman–Crippen LogP) is 0.234. The summed E-state index contributed by atoms with van der Waals surface area (Å²) in [6.07, 6.45) is 3.36. The Hall–Kier alpha value is -2.11. The Kier molecular flexibility index (Phi) is 2.95. The van der Waals surface area contributed by atoms with Crippen LogP contribution in [0.25, 0.3) is 0 Å². The molecule has 17 heavy (non-hydrogen) atoms. The van der Waals surface area contributed by atoms with E-state index < -0.39 is 11.9 Å². The predicted molar refractivity (Wildman–Crippen MR) is 60.8 cm³/mol. The topological polar surface area (TPSA) is 96.5 Å². The average molecular weight is 235 g/mol. The number of carbonyl (C=O) groups is 2. The molecule has 3 N–H and O–H groups in total. The Labute approximate surface area is 98.1 Å². The summed E-state index contributed by atoms with van der Waals surface area (Å²) in [6, 6.07) is 3.32. The third-order valence-electron chi connectivity index (χ3n) is 2.62. The molecule has 1 fully saturated rings. The first kappa shape index (κ1) is 11.4. The number of primary amides is 1. The first-order valence-corrected chi connectivity index (χ1v) is 5.33. The molecule has 1 aromatic rings. The third-order valence-corrected chi connectivity index (χ3v) is 2.62. The molecule has 2 rings (SSSR count). The van der Waals surface area contributed by atoms with Gasteiger partial charge in [-0.25, -0.2) is 4.98 Å². The van der Waals surface area contributed by atoms with E-state index in [1.54, 1.807) is 17.0 Å². The van der Waals surface area contributed by atoms with Gasteiger partial charge in [-0.2, -0.15) is 0 Å². The van der Waals surface area contributed by atoms with Gasteiger partial charge >= 0.3 is 5.97 Å². The van der Waals surface area contributed by atoms with Crippen molar-refractivity contribution in [3.63, 3.8) is 0 Å². The Morgan fingerprint density at radius 3 is 2.76 bits per heavy atom. The molecule has 0 spiro atoms. The van der Waals surface area contributed by atoms with Gasteiger partial charge in [-0.15, -0.1) is 0 Å². The van der Waals surface area contributed by atoms with Gasteiger partial charge in [-0.3, -0.25) is 9.59 Å². The van der Waals surface area contributed by atoms with Crippen molar-refractivity contribution in [3.05, 3.63) is 23.9 Å². The van der Waals surface area contributed by atoms with E-state index in [0.29, 0.717) is 5.82 Å². The minimum atomic E-state index is -0.946. The van der Waals surface area contributed by atoms with Gasteiger partial charge in [0, 0.05) is 12.2 Å². The summed E-state index contributed by atoms with van der Waals surface area (Å²) in [5.74, 6) is -1.17. The van der Waals surface area contributed by atoms with Gasteiger partial charge < -0.3 is 15.7 Å². The monoisotopic (exact) mass is 235 g/mol. The number of aliphatic carboxylic acids is 1. The van der Waals surface area contributed by atoms with Gasteiger partial charge in [0.2, 0.25) is 0 Å². The van der Waals surface area contributed by atoms with Crippen LogP contribution in [0.15, 0.2) is 18.3 Å². The van der Waals surface area contributed by atoms with Crippen molar-refractivity contribution in [3.8, 4) is 0 Å². The van der Waals surface area contributed by atoms with Crippen molar-refractivity contribution in [2.75, 3.05) is 11.4 Å². The van der Waals surface area contributed by atoms with E-state index in [2.05, 4.69) is 4.98 Å². The van der Waals surface area contributed by atoms with Crippen LogP contribution < -0.4 is 10.6 Å². The zero-order valence-electron chi connectivity index (χ0n) is 9.17. The summed E-state index contributed by atoms with van der Waals surface area (Å²) in [5, 5.41) is 8.87. The lowest BCUT2D eigenvalue weighted by molar-refractivity contribution is -0.135. The molecule has 1 aliphatic carbocycles. The SMILES string of the molecule is NC(=O)c1cccnc1N(CC(=O)O)C1CC1. The zero-order chi connectivity index (χ0) is 12.4. The quantitative estimate of drug-likeness (QED) is 0.761. The molecule has 0 unspecified atom stereocenters. The van der Waals surface area contributed by atoms with Crippen molar-refractivity contribution in [2.24, 2.45) is 5.73 Å². The molecule has 0 radical (unpaired) electrons. The lowest BCUT2D eigenvalue weighted by Gasteiger charge is -2.22. The molecule has 0 aliphatic heterocycles. The van der Waals surface area contributed by atoms with Crippen molar-refractivity contribution < 1.29 is 14.7 Å². The molecule has 6 heteroatoms. The summed E-state index contributed by atoms with van der Waals surface area (Å²) in [5.41, 5.74) is 5.52. The maximum atomic E-state index is 11.3. The minimum absolute atomic E-state index is 0.152. The molecule has 0 bridgehead atoms. The number of anilines is 1. The number of hydrogen-bond donors (Lipinski definition) is 2. The zero-order valence-corrected chi connectivity index (χ0v) is 9.17.